The topological polar surface area (TPSA) is 103 Å². The molecule has 27 heavy (non-hydrogen) atoms. The van der Waals surface area contributed by atoms with E-state index in [0.29, 0.717) is 11.3 Å². The summed E-state index contributed by atoms with van der Waals surface area (Å²) in [6.45, 7) is 0.916. The molecule has 0 spiro atoms. The highest BCUT2D eigenvalue weighted by atomic mass is 32.2. The number of ketones is 2. The van der Waals surface area contributed by atoms with Crippen LogP contribution in [0.5, 0.6) is 0 Å². The first-order chi connectivity index (χ1) is 12.5. The van der Waals surface area contributed by atoms with E-state index >= 15 is 0 Å². The largest absolute Gasteiger partial charge is 0.453 e. The molecule has 0 atom stereocenters. The second-order valence-electron chi connectivity index (χ2n) is 6.06. The minimum absolute atomic E-state index is 0.165. The molecule has 0 aliphatic heterocycles. The number of aryl methyl sites for hydroxylation is 1. The first-order valence-corrected chi connectivity index (χ1v) is 9.77. The summed E-state index contributed by atoms with van der Waals surface area (Å²) in [5.41, 5.74) is 1.23. The van der Waals surface area contributed by atoms with Crippen LogP contribution >= 0.6 is 0 Å². The van der Waals surface area contributed by atoms with Crippen LogP contribution in [0.15, 0.2) is 36.5 Å². The van der Waals surface area contributed by atoms with Gasteiger partial charge in [0.05, 0.1) is 11.9 Å². The lowest BCUT2D eigenvalue weighted by molar-refractivity contribution is 0.0465. The summed E-state index contributed by atoms with van der Waals surface area (Å²) >= 11 is 0. The third-order valence-electron chi connectivity index (χ3n) is 4.01. The van der Waals surface area contributed by atoms with E-state index in [1.807, 2.05) is 0 Å². The van der Waals surface area contributed by atoms with Gasteiger partial charge >= 0.3 is 5.97 Å². The number of esters is 1. The van der Waals surface area contributed by atoms with Crippen LogP contribution in [0.3, 0.4) is 0 Å². The van der Waals surface area contributed by atoms with Gasteiger partial charge in [-0.05, 0) is 37.3 Å². The van der Waals surface area contributed by atoms with Gasteiger partial charge < -0.3 is 9.30 Å². The maximum absolute atomic E-state index is 12.2. The Kier molecular flexibility index (Phi) is 5.85. The minimum atomic E-state index is -3.40. The zero-order valence-corrected chi connectivity index (χ0v) is 16.2. The van der Waals surface area contributed by atoms with Crippen LogP contribution in [-0.4, -0.2) is 50.4 Å². The molecule has 144 valence electrons. The van der Waals surface area contributed by atoms with Crippen LogP contribution in [-0.2, 0) is 21.8 Å². The predicted molar refractivity (Wildman–Crippen MR) is 99.7 cm³/mol. The van der Waals surface area contributed by atoms with Gasteiger partial charge in [-0.15, -0.1) is 0 Å². The third kappa shape index (κ3) is 4.82. The number of anilines is 1. The SMILES string of the molecule is CC(=O)c1cc(C(=O)OCC(=O)c2ccc(N(C)S(C)(=O)=O)cc2)n(C)c1. The van der Waals surface area contributed by atoms with Gasteiger partial charge in [-0.1, -0.05) is 0 Å². The van der Waals surface area contributed by atoms with Gasteiger partial charge in [-0.2, -0.15) is 0 Å². The van der Waals surface area contributed by atoms with Crippen LogP contribution in [0.1, 0.15) is 38.1 Å². The quantitative estimate of drug-likeness (QED) is 0.524. The number of Topliss-reactive ketones (excluding diaryl/α,β-unsaturated/α-hetero) is 2. The zero-order chi connectivity index (χ0) is 20.4. The Morgan fingerprint density at radius 1 is 1.11 bits per heavy atom. The van der Waals surface area contributed by atoms with E-state index in [0.717, 1.165) is 10.6 Å². The van der Waals surface area contributed by atoms with Crippen molar-refractivity contribution in [2.24, 2.45) is 7.05 Å². The highest BCUT2D eigenvalue weighted by molar-refractivity contribution is 7.92. The number of carbonyl (C=O) groups excluding carboxylic acids is 3. The minimum Gasteiger partial charge on any atom is -0.453 e. The van der Waals surface area contributed by atoms with E-state index in [-0.39, 0.29) is 17.0 Å². The first-order valence-electron chi connectivity index (χ1n) is 7.92. The van der Waals surface area contributed by atoms with Crippen molar-refractivity contribution in [3.8, 4) is 0 Å². The predicted octanol–water partition coefficient (Wildman–Crippen LogP) is 1.66. The van der Waals surface area contributed by atoms with Crippen molar-refractivity contribution in [2.75, 3.05) is 24.2 Å². The molecule has 0 saturated carbocycles. The number of nitrogens with zero attached hydrogens (tertiary/aromatic N) is 2. The van der Waals surface area contributed by atoms with Crippen LogP contribution in [0.4, 0.5) is 5.69 Å². The second kappa shape index (κ2) is 7.75. The molecule has 1 aromatic heterocycles. The molecular weight excluding hydrogens is 372 g/mol. The molecule has 2 aromatic rings. The Morgan fingerprint density at radius 3 is 2.19 bits per heavy atom. The van der Waals surface area contributed by atoms with Crippen molar-refractivity contribution in [3.63, 3.8) is 0 Å². The number of hydrogen-bond acceptors (Lipinski definition) is 6. The first kappa shape index (κ1) is 20.4. The van der Waals surface area contributed by atoms with Crippen molar-refractivity contribution >= 4 is 33.2 Å². The number of sulfonamides is 1. The van der Waals surface area contributed by atoms with Crippen molar-refractivity contribution in [2.45, 2.75) is 6.92 Å². The van der Waals surface area contributed by atoms with E-state index in [9.17, 15) is 22.8 Å². The Bertz CT molecular complexity index is 989. The van der Waals surface area contributed by atoms with E-state index in [2.05, 4.69) is 0 Å². The number of benzene rings is 1. The van der Waals surface area contributed by atoms with Crippen LogP contribution in [0.2, 0.25) is 0 Å². The highest BCUT2D eigenvalue weighted by Crippen LogP contribution is 2.17. The monoisotopic (exact) mass is 392 g/mol. The van der Waals surface area contributed by atoms with Gasteiger partial charge in [-0.25, -0.2) is 13.2 Å². The van der Waals surface area contributed by atoms with Gasteiger partial charge in [0.2, 0.25) is 10.0 Å². The molecule has 1 aromatic carbocycles. The Balaban J connectivity index is 2.03. The fourth-order valence-electron chi connectivity index (χ4n) is 2.30. The molecule has 0 unspecified atom stereocenters. The molecule has 0 amide bonds. The summed E-state index contributed by atoms with van der Waals surface area (Å²) in [5.74, 6) is -1.33. The molecule has 0 aliphatic rings. The normalized spacial score (nSPS) is 11.1. The molecule has 8 nitrogen and oxygen atoms in total. The number of carbonyl (C=O) groups is 3. The maximum atomic E-state index is 12.2. The fraction of sp³-hybridized carbons (Fsp3) is 0.278. The molecule has 0 N–H and O–H groups in total. The van der Waals surface area contributed by atoms with E-state index in [1.54, 1.807) is 7.05 Å². The maximum Gasteiger partial charge on any atom is 0.355 e. The van der Waals surface area contributed by atoms with E-state index in [4.69, 9.17) is 4.74 Å². The Labute approximate surface area is 157 Å². The summed E-state index contributed by atoms with van der Waals surface area (Å²) in [6.07, 6.45) is 2.59. The van der Waals surface area contributed by atoms with Crippen molar-refractivity contribution in [1.29, 1.82) is 0 Å². The second-order valence-corrected chi connectivity index (χ2v) is 8.07. The summed E-state index contributed by atoms with van der Waals surface area (Å²) in [5, 5.41) is 0. The number of aromatic nitrogens is 1. The number of ether oxygens (including phenoxy) is 1. The summed E-state index contributed by atoms with van der Waals surface area (Å²) in [4.78, 5) is 35.7. The molecule has 0 saturated heterocycles. The fourth-order valence-corrected chi connectivity index (χ4v) is 2.80. The van der Waals surface area contributed by atoms with Crippen LogP contribution in [0.25, 0.3) is 0 Å². The van der Waals surface area contributed by atoms with Gasteiger partial charge in [0.25, 0.3) is 0 Å². The number of rotatable bonds is 7. The molecular formula is C18H20N2O6S. The molecule has 0 bridgehead atoms. The average molecular weight is 392 g/mol. The lowest BCUT2D eigenvalue weighted by Gasteiger charge is -2.16. The lowest BCUT2D eigenvalue weighted by atomic mass is 10.1. The average Bonchev–Trinajstić information content (AvgIpc) is 3.00. The van der Waals surface area contributed by atoms with Crippen molar-refractivity contribution in [3.05, 3.63) is 53.3 Å². The molecule has 2 rings (SSSR count). The molecule has 0 radical (unpaired) electrons. The molecule has 1 heterocycles. The molecule has 0 aliphatic carbocycles. The standard InChI is InChI=1S/C18H20N2O6S/c1-12(21)14-9-16(19(2)10-14)18(23)26-11-17(22)13-5-7-15(8-6-13)20(3)27(4,24)25/h5-10H,11H2,1-4H3. The van der Waals surface area contributed by atoms with Crippen molar-refractivity contribution < 1.29 is 27.5 Å². The Morgan fingerprint density at radius 2 is 1.70 bits per heavy atom. The molecule has 9 heteroatoms. The van der Waals surface area contributed by atoms with Gasteiger partial charge in [0.1, 0.15) is 5.69 Å². The van der Waals surface area contributed by atoms with Crippen LogP contribution < -0.4 is 4.31 Å². The van der Waals surface area contributed by atoms with E-state index in [1.165, 1.54) is 55.1 Å². The highest BCUT2D eigenvalue weighted by Gasteiger charge is 2.18. The summed E-state index contributed by atoms with van der Waals surface area (Å²) in [7, 11) is -0.392. The summed E-state index contributed by atoms with van der Waals surface area (Å²) in [6, 6.07) is 7.32. The Hall–Kier alpha value is -2.94. The zero-order valence-electron chi connectivity index (χ0n) is 15.4. The van der Waals surface area contributed by atoms with Crippen molar-refractivity contribution in [1.82, 2.24) is 4.57 Å². The smallest absolute Gasteiger partial charge is 0.355 e. The van der Waals surface area contributed by atoms with Gasteiger partial charge in [-0.3, -0.25) is 13.9 Å². The lowest BCUT2D eigenvalue weighted by Crippen LogP contribution is -2.24. The van der Waals surface area contributed by atoms with Gasteiger partial charge in [0, 0.05) is 31.4 Å². The van der Waals surface area contributed by atoms with Gasteiger partial charge in [0.15, 0.2) is 18.2 Å². The van der Waals surface area contributed by atoms with Crippen LogP contribution in [0, 0.1) is 0 Å². The molecule has 0 fully saturated rings. The third-order valence-corrected chi connectivity index (χ3v) is 5.21. The summed E-state index contributed by atoms with van der Waals surface area (Å²) < 4.78 is 30.6. The van der Waals surface area contributed by atoms with E-state index < -0.39 is 28.4 Å². The number of hydrogen-bond donors (Lipinski definition) is 0.